The van der Waals surface area contributed by atoms with Gasteiger partial charge < -0.3 is 15.6 Å². The summed E-state index contributed by atoms with van der Waals surface area (Å²) in [5, 5.41) is 9.31. The van der Waals surface area contributed by atoms with Crippen molar-refractivity contribution in [2.24, 2.45) is 5.73 Å². The van der Waals surface area contributed by atoms with E-state index >= 15 is 0 Å². The van der Waals surface area contributed by atoms with Gasteiger partial charge in [0.1, 0.15) is 17.9 Å². The van der Waals surface area contributed by atoms with E-state index in [2.05, 4.69) is 0 Å². The first kappa shape index (κ1) is 10.5. The van der Waals surface area contributed by atoms with Gasteiger partial charge in [-0.3, -0.25) is 0 Å². The molecule has 1 unspecified atom stereocenters. The summed E-state index contributed by atoms with van der Waals surface area (Å²) in [5.74, 6) is -0.637. The van der Waals surface area contributed by atoms with Gasteiger partial charge in [0, 0.05) is 6.04 Å². The Kier molecular flexibility index (Phi) is 3.48. The van der Waals surface area contributed by atoms with Crippen molar-refractivity contribution in [2.45, 2.75) is 13.0 Å². The number of carbonyl (C=O) groups excluding carboxylic acids is 1. The minimum absolute atomic E-state index is 0.0813. The van der Waals surface area contributed by atoms with Crippen LogP contribution in [0.3, 0.4) is 0 Å². The molecule has 0 fully saturated rings. The van der Waals surface area contributed by atoms with Gasteiger partial charge in [0.05, 0.1) is 0 Å². The minimum atomic E-state index is -0.555. The Hall–Kier alpha value is -1.55. The van der Waals surface area contributed by atoms with Crippen LogP contribution in [-0.2, 0) is 4.74 Å². The molecule has 0 radical (unpaired) electrons. The molecule has 0 aliphatic rings. The zero-order valence-corrected chi connectivity index (χ0v) is 7.93. The summed E-state index contributed by atoms with van der Waals surface area (Å²) in [4.78, 5) is 11.3. The Morgan fingerprint density at radius 3 is 2.79 bits per heavy atom. The number of hydrogen-bond acceptors (Lipinski definition) is 4. The van der Waals surface area contributed by atoms with Crippen LogP contribution in [0, 0.1) is 0 Å². The van der Waals surface area contributed by atoms with Crippen molar-refractivity contribution < 1.29 is 14.6 Å². The highest BCUT2D eigenvalue weighted by molar-refractivity contribution is 5.92. The molecule has 4 nitrogen and oxygen atoms in total. The number of rotatable bonds is 3. The molecule has 0 amide bonds. The number of aromatic hydroxyl groups is 1. The van der Waals surface area contributed by atoms with E-state index in [-0.39, 0.29) is 24.0 Å². The fraction of sp³-hybridized carbons (Fsp3) is 0.300. The lowest BCUT2D eigenvalue weighted by Crippen LogP contribution is -2.24. The fourth-order valence-electron chi connectivity index (χ4n) is 0.931. The van der Waals surface area contributed by atoms with Crippen LogP contribution in [0.4, 0.5) is 0 Å². The molecule has 1 atom stereocenters. The third-order valence-electron chi connectivity index (χ3n) is 1.60. The summed E-state index contributed by atoms with van der Waals surface area (Å²) in [6, 6.07) is 6.02. The lowest BCUT2D eigenvalue weighted by Gasteiger charge is -2.07. The molecule has 0 aliphatic carbocycles. The number of carbonyl (C=O) groups is 1. The zero-order valence-electron chi connectivity index (χ0n) is 7.93. The molecule has 1 aromatic rings. The van der Waals surface area contributed by atoms with Gasteiger partial charge in [0.25, 0.3) is 0 Å². The molecule has 0 saturated carbocycles. The van der Waals surface area contributed by atoms with Crippen LogP contribution in [0.1, 0.15) is 17.3 Å². The maximum atomic E-state index is 11.3. The highest BCUT2D eigenvalue weighted by Gasteiger charge is 2.11. The number of phenols is 1. The summed E-state index contributed by atoms with van der Waals surface area (Å²) < 4.78 is 4.85. The molecule has 0 heterocycles. The predicted octanol–water partition coefficient (Wildman–Crippen LogP) is 0.896. The average Bonchev–Trinajstić information content (AvgIpc) is 2.15. The standard InChI is InChI=1S/C10H13NO3/c1-7(11)6-14-10(13)8-4-2-3-5-9(8)12/h2-5,7,12H,6,11H2,1H3. The SMILES string of the molecule is CC(N)COC(=O)c1ccccc1O. The fourth-order valence-corrected chi connectivity index (χ4v) is 0.931. The summed E-state index contributed by atoms with van der Waals surface area (Å²) in [6.45, 7) is 1.88. The Morgan fingerprint density at radius 1 is 1.57 bits per heavy atom. The van der Waals surface area contributed by atoms with Crippen LogP contribution in [0.5, 0.6) is 5.75 Å². The van der Waals surface area contributed by atoms with E-state index in [1.54, 1.807) is 19.1 Å². The predicted molar refractivity (Wildman–Crippen MR) is 52.0 cm³/mol. The van der Waals surface area contributed by atoms with Crippen LogP contribution < -0.4 is 5.73 Å². The van der Waals surface area contributed by atoms with Gasteiger partial charge in [-0.2, -0.15) is 0 Å². The van der Waals surface area contributed by atoms with Gasteiger partial charge in [-0.25, -0.2) is 4.79 Å². The van der Waals surface area contributed by atoms with E-state index in [1.807, 2.05) is 0 Å². The Labute approximate surface area is 82.3 Å². The van der Waals surface area contributed by atoms with Gasteiger partial charge in [-0.1, -0.05) is 12.1 Å². The lowest BCUT2D eigenvalue weighted by atomic mass is 10.2. The number of para-hydroxylation sites is 1. The first-order chi connectivity index (χ1) is 6.61. The molecule has 4 heteroatoms. The molecule has 14 heavy (non-hydrogen) atoms. The third kappa shape index (κ3) is 2.74. The molecule has 1 aromatic carbocycles. The molecule has 0 aliphatic heterocycles. The Balaban J connectivity index is 2.65. The van der Waals surface area contributed by atoms with Gasteiger partial charge in [-0.15, -0.1) is 0 Å². The number of ether oxygens (including phenoxy) is 1. The molecule has 0 bridgehead atoms. The normalized spacial score (nSPS) is 12.1. The van der Waals surface area contributed by atoms with E-state index < -0.39 is 5.97 Å². The maximum Gasteiger partial charge on any atom is 0.341 e. The van der Waals surface area contributed by atoms with E-state index in [1.165, 1.54) is 12.1 Å². The number of hydrogen-bond donors (Lipinski definition) is 2. The van der Waals surface area contributed by atoms with E-state index in [9.17, 15) is 9.90 Å². The molecular formula is C10H13NO3. The topological polar surface area (TPSA) is 72.5 Å². The monoisotopic (exact) mass is 195 g/mol. The summed E-state index contributed by atoms with van der Waals surface area (Å²) in [5.41, 5.74) is 5.58. The highest BCUT2D eigenvalue weighted by atomic mass is 16.5. The van der Waals surface area contributed by atoms with Crippen LogP contribution in [0.25, 0.3) is 0 Å². The van der Waals surface area contributed by atoms with Gasteiger partial charge in [0.2, 0.25) is 0 Å². The second kappa shape index (κ2) is 4.62. The number of benzene rings is 1. The molecule has 76 valence electrons. The van der Waals surface area contributed by atoms with E-state index in [0.717, 1.165) is 0 Å². The van der Waals surface area contributed by atoms with Crippen molar-refractivity contribution in [3.05, 3.63) is 29.8 Å². The Morgan fingerprint density at radius 2 is 2.21 bits per heavy atom. The second-order valence-electron chi connectivity index (χ2n) is 3.09. The molecular weight excluding hydrogens is 182 g/mol. The van der Waals surface area contributed by atoms with Gasteiger partial charge in [-0.05, 0) is 19.1 Å². The lowest BCUT2D eigenvalue weighted by molar-refractivity contribution is 0.0484. The summed E-state index contributed by atoms with van der Waals surface area (Å²) >= 11 is 0. The number of nitrogens with two attached hydrogens (primary N) is 1. The molecule has 3 N–H and O–H groups in total. The smallest absolute Gasteiger partial charge is 0.341 e. The quantitative estimate of drug-likeness (QED) is 0.703. The van der Waals surface area contributed by atoms with Crippen molar-refractivity contribution in [1.82, 2.24) is 0 Å². The van der Waals surface area contributed by atoms with Crippen molar-refractivity contribution >= 4 is 5.97 Å². The summed E-state index contributed by atoms with van der Waals surface area (Å²) in [6.07, 6.45) is 0. The number of phenolic OH excluding ortho intramolecular Hbond substituents is 1. The second-order valence-corrected chi connectivity index (χ2v) is 3.09. The first-order valence-electron chi connectivity index (χ1n) is 4.32. The van der Waals surface area contributed by atoms with Crippen LogP contribution in [0.15, 0.2) is 24.3 Å². The van der Waals surface area contributed by atoms with Crippen molar-refractivity contribution in [1.29, 1.82) is 0 Å². The van der Waals surface area contributed by atoms with Crippen molar-refractivity contribution in [2.75, 3.05) is 6.61 Å². The van der Waals surface area contributed by atoms with Gasteiger partial charge in [0.15, 0.2) is 0 Å². The van der Waals surface area contributed by atoms with E-state index in [4.69, 9.17) is 10.5 Å². The number of esters is 1. The van der Waals surface area contributed by atoms with Crippen molar-refractivity contribution in [3.8, 4) is 5.75 Å². The van der Waals surface area contributed by atoms with E-state index in [0.29, 0.717) is 0 Å². The molecule has 0 spiro atoms. The summed E-state index contributed by atoms with van der Waals surface area (Å²) in [7, 11) is 0. The highest BCUT2D eigenvalue weighted by Crippen LogP contribution is 2.16. The zero-order chi connectivity index (χ0) is 10.6. The minimum Gasteiger partial charge on any atom is -0.507 e. The molecule has 0 aromatic heterocycles. The maximum absolute atomic E-state index is 11.3. The molecule has 0 saturated heterocycles. The van der Waals surface area contributed by atoms with Crippen LogP contribution in [-0.4, -0.2) is 23.7 Å². The van der Waals surface area contributed by atoms with Crippen molar-refractivity contribution in [3.63, 3.8) is 0 Å². The van der Waals surface area contributed by atoms with Crippen LogP contribution >= 0.6 is 0 Å². The first-order valence-corrected chi connectivity index (χ1v) is 4.32. The Bertz CT molecular complexity index is 323. The van der Waals surface area contributed by atoms with Gasteiger partial charge >= 0.3 is 5.97 Å². The molecule has 1 rings (SSSR count). The average molecular weight is 195 g/mol. The third-order valence-corrected chi connectivity index (χ3v) is 1.60. The van der Waals surface area contributed by atoms with Crippen LogP contribution in [0.2, 0.25) is 0 Å². The largest absolute Gasteiger partial charge is 0.507 e.